The van der Waals surface area contributed by atoms with Crippen molar-refractivity contribution in [1.82, 2.24) is 0 Å². The molecule has 0 atom stereocenters. The minimum absolute atomic E-state index is 0.325. The third kappa shape index (κ3) is 1.72. The van der Waals surface area contributed by atoms with Crippen molar-refractivity contribution in [2.24, 2.45) is 16.7 Å². The molecule has 2 bridgehead atoms. The number of cyclic esters (lactones) is 2. The average Bonchev–Trinajstić information content (AvgIpc) is 2.21. The first-order chi connectivity index (χ1) is 9.65. The van der Waals surface area contributed by atoms with Crippen LogP contribution in [0, 0.1) is 16.7 Å². The summed E-state index contributed by atoms with van der Waals surface area (Å²) in [6.07, 6.45) is 0.976. The van der Waals surface area contributed by atoms with Crippen molar-refractivity contribution in [2.75, 3.05) is 7.11 Å². The van der Waals surface area contributed by atoms with Gasteiger partial charge in [-0.25, -0.2) is 0 Å². The zero-order valence-corrected chi connectivity index (χ0v) is 12.1. The Hall–Kier alpha value is -1.92. The Morgan fingerprint density at radius 3 is 1.95 bits per heavy atom. The number of methoxy groups -OCH3 is 1. The molecule has 0 aromatic carbocycles. The summed E-state index contributed by atoms with van der Waals surface area (Å²) in [7, 11) is 1.30. The first-order valence-corrected chi connectivity index (χ1v) is 6.73. The lowest BCUT2D eigenvalue weighted by Gasteiger charge is -2.67. The van der Waals surface area contributed by atoms with Crippen molar-refractivity contribution in [3.05, 3.63) is 0 Å². The molecule has 0 aromatic rings. The van der Waals surface area contributed by atoms with Gasteiger partial charge in [-0.3, -0.25) is 19.2 Å². The fourth-order valence-corrected chi connectivity index (χ4v) is 3.72. The normalized spacial score (nSPS) is 36.7. The molecule has 0 amide bonds. The van der Waals surface area contributed by atoms with Crippen molar-refractivity contribution < 1.29 is 33.4 Å². The van der Waals surface area contributed by atoms with Crippen LogP contribution >= 0.6 is 0 Å². The van der Waals surface area contributed by atoms with Crippen LogP contribution in [-0.4, -0.2) is 36.6 Å². The maximum Gasteiger partial charge on any atom is 0.331 e. The lowest BCUT2D eigenvalue weighted by Crippen LogP contribution is -2.71. The topological polar surface area (TPSA) is 96.0 Å². The highest BCUT2D eigenvalue weighted by Gasteiger charge is 2.77. The number of carbonyl (C=O) groups is 4. The first-order valence-electron chi connectivity index (χ1n) is 6.73. The van der Waals surface area contributed by atoms with Crippen LogP contribution in [0.5, 0.6) is 0 Å². The number of ketones is 1. The van der Waals surface area contributed by atoms with Crippen LogP contribution in [0.15, 0.2) is 0 Å². The van der Waals surface area contributed by atoms with Crippen LogP contribution in [0.3, 0.4) is 0 Å². The lowest BCUT2D eigenvalue weighted by atomic mass is 9.33. The summed E-state index contributed by atoms with van der Waals surface area (Å²) < 4.78 is 14.6. The van der Waals surface area contributed by atoms with Crippen molar-refractivity contribution in [1.29, 1.82) is 0 Å². The molecular weight excluding hydrogens is 280 g/mol. The molecular formula is C14H16O7. The third-order valence-corrected chi connectivity index (χ3v) is 4.60. The van der Waals surface area contributed by atoms with E-state index in [0.717, 1.165) is 0 Å². The molecule has 21 heavy (non-hydrogen) atoms. The Kier molecular flexibility index (Phi) is 2.56. The molecule has 0 radical (unpaired) electrons. The van der Waals surface area contributed by atoms with E-state index >= 15 is 0 Å². The maximum absolute atomic E-state index is 12.5. The summed E-state index contributed by atoms with van der Waals surface area (Å²) in [5, 5.41) is 0. The molecule has 0 unspecified atom stereocenters. The molecule has 4 rings (SSSR count). The standard InChI is InChI=1S/C14H16O7/c1-12(2)20-9(16)7(10(17)21-12)8(15)13-4-14(5-13,6-13)11(18)19-3/h7H,4-6H2,1-3H3. The summed E-state index contributed by atoms with van der Waals surface area (Å²) in [5.41, 5.74) is -1.38. The highest BCUT2D eigenvalue weighted by molar-refractivity contribution is 6.18. The number of esters is 3. The number of carbonyl (C=O) groups excluding carboxylic acids is 4. The van der Waals surface area contributed by atoms with E-state index < -0.39 is 40.3 Å². The van der Waals surface area contributed by atoms with Crippen LogP contribution in [0.1, 0.15) is 33.1 Å². The van der Waals surface area contributed by atoms with Crippen molar-refractivity contribution >= 4 is 23.7 Å². The highest BCUT2D eigenvalue weighted by atomic mass is 16.7. The molecule has 4 aliphatic rings. The van der Waals surface area contributed by atoms with Gasteiger partial charge in [0, 0.05) is 19.3 Å². The van der Waals surface area contributed by atoms with Gasteiger partial charge in [-0.2, -0.15) is 0 Å². The van der Waals surface area contributed by atoms with E-state index in [9.17, 15) is 19.2 Å². The molecule has 3 saturated carbocycles. The van der Waals surface area contributed by atoms with Crippen LogP contribution in [0.25, 0.3) is 0 Å². The summed E-state index contributed by atoms with van der Waals surface area (Å²) >= 11 is 0. The summed E-state index contributed by atoms with van der Waals surface area (Å²) in [4.78, 5) is 47.9. The second-order valence-electron chi connectivity index (χ2n) is 6.62. The van der Waals surface area contributed by atoms with Crippen LogP contribution in [0.2, 0.25) is 0 Å². The predicted octanol–water partition coefficient (Wildman–Crippen LogP) is 0.351. The molecule has 3 aliphatic carbocycles. The second-order valence-corrected chi connectivity index (χ2v) is 6.62. The SMILES string of the molecule is COC(=O)C12CC(C(=O)C3C(=O)OC(C)(C)OC3=O)(C1)C2. The maximum atomic E-state index is 12.5. The molecule has 1 heterocycles. The quantitative estimate of drug-likeness (QED) is 0.547. The van der Waals surface area contributed by atoms with E-state index in [2.05, 4.69) is 0 Å². The van der Waals surface area contributed by atoms with Crippen LogP contribution in [-0.2, 0) is 33.4 Å². The molecule has 0 N–H and O–H groups in total. The average molecular weight is 296 g/mol. The van der Waals surface area contributed by atoms with Crippen LogP contribution < -0.4 is 0 Å². The predicted molar refractivity (Wildman–Crippen MR) is 65.5 cm³/mol. The molecule has 7 heteroatoms. The van der Waals surface area contributed by atoms with Gasteiger partial charge in [-0.1, -0.05) is 0 Å². The minimum Gasteiger partial charge on any atom is -0.469 e. The van der Waals surface area contributed by atoms with Crippen molar-refractivity contribution in [3.63, 3.8) is 0 Å². The number of ether oxygens (including phenoxy) is 3. The zero-order valence-electron chi connectivity index (χ0n) is 12.1. The van der Waals surface area contributed by atoms with E-state index in [1.807, 2.05) is 0 Å². The summed E-state index contributed by atoms with van der Waals surface area (Å²) in [6, 6.07) is 0. The third-order valence-electron chi connectivity index (χ3n) is 4.60. The number of hydrogen-bond acceptors (Lipinski definition) is 7. The smallest absolute Gasteiger partial charge is 0.331 e. The summed E-state index contributed by atoms with van der Waals surface area (Å²) in [6.45, 7) is 2.85. The van der Waals surface area contributed by atoms with Gasteiger partial charge in [-0.15, -0.1) is 0 Å². The summed E-state index contributed by atoms with van der Waals surface area (Å²) in [5.74, 6) is -5.48. The Labute approximate surface area is 120 Å². The molecule has 7 nitrogen and oxygen atoms in total. The Balaban J connectivity index is 1.73. The van der Waals surface area contributed by atoms with Crippen LogP contribution in [0.4, 0.5) is 0 Å². The van der Waals surface area contributed by atoms with Gasteiger partial charge in [0.05, 0.1) is 12.5 Å². The number of rotatable bonds is 3. The van der Waals surface area contributed by atoms with Gasteiger partial charge >= 0.3 is 17.9 Å². The fraction of sp³-hybridized carbons (Fsp3) is 0.714. The van der Waals surface area contributed by atoms with E-state index in [-0.39, 0.29) is 5.97 Å². The fourth-order valence-electron chi connectivity index (χ4n) is 3.72. The van der Waals surface area contributed by atoms with E-state index in [1.54, 1.807) is 0 Å². The van der Waals surface area contributed by atoms with E-state index in [1.165, 1.54) is 21.0 Å². The number of Topliss-reactive ketones (excluding diaryl/α,β-unsaturated/α-hetero) is 1. The van der Waals surface area contributed by atoms with Crippen molar-refractivity contribution in [2.45, 2.75) is 38.9 Å². The Morgan fingerprint density at radius 2 is 1.52 bits per heavy atom. The Morgan fingerprint density at radius 1 is 1.05 bits per heavy atom. The van der Waals surface area contributed by atoms with E-state index in [4.69, 9.17) is 14.2 Å². The molecule has 114 valence electrons. The van der Waals surface area contributed by atoms with Gasteiger partial charge in [0.25, 0.3) is 5.79 Å². The molecule has 1 saturated heterocycles. The highest BCUT2D eigenvalue weighted by Crippen LogP contribution is 2.74. The van der Waals surface area contributed by atoms with Gasteiger partial charge in [0.15, 0.2) is 5.78 Å². The largest absolute Gasteiger partial charge is 0.469 e. The van der Waals surface area contributed by atoms with Gasteiger partial charge in [0.1, 0.15) is 0 Å². The van der Waals surface area contributed by atoms with E-state index in [0.29, 0.717) is 19.3 Å². The van der Waals surface area contributed by atoms with Gasteiger partial charge < -0.3 is 14.2 Å². The van der Waals surface area contributed by atoms with Gasteiger partial charge in [-0.05, 0) is 19.3 Å². The second kappa shape index (κ2) is 3.84. The number of hydrogen-bond donors (Lipinski definition) is 0. The monoisotopic (exact) mass is 296 g/mol. The lowest BCUT2D eigenvalue weighted by molar-refractivity contribution is -0.246. The molecule has 4 fully saturated rings. The Bertz CT molecular complexity index is 534. The minimum atomic E-state index is -1.53. The molecule has 1 aliphatic heterocycles. The molecule has 0 spiro atoms. The van der Waals surface area contributed by atoms with Gasteiger partial charge in [0.2, 0.25) is 5.92 Å². The zero-order chi connectivity index (χ0) is 15.6. The van der Waals surface area contributed by atoms with Crippen molar-refractivity contribution in [3.8, 4) is 0 Å². The molecule has 0 aromatic heterocycles. The first kappa shape index (κ1) is 14.0.